The van der Waals surface area contributed by atoms with Crippen molar-refractivity contribution in [3.8, 4) is 17.6 Å². The molecule has 0 radical (unpaired) electrons. The third-order valence-corrected chi connectivity index (χ3v) is 2.94. The van der Waals surface area contributed by atoms with Gasteiger partial charge in [0.2, 0.25) is 0 Å². The summed E-state index contributed by atoms with van der Waals surface area (Å²) < 4.78 is 5.49. The number of nitrogens with zero attached hydrogens (tertiary/aromatic N) is 2. The first-order valence-corrected chi connectivity index (χ1v) is 6.08. The Hall–Kier alpha value is -2.29. The highest BCUT2D eigenvalue weighted by Gasteiger charge is 2.13. The number of hydrogen-bond donors (Lipinski definition) is 0. The normalized spacial score (nSPS) is 9.85. The molecule has 5 nitrogen and oxygen atoms in total. The van der Waals surface area contributed by atoms with Crippen molar-refractivity contribution in [3.05, 3.63) is 62.1 Å². The van der Waals surface area contributed by atoms with E-state index in [9.17, 15) is 10.1 Å². The second-order valence-electron chi connectivity index (χ2n) is 3.73. The molecule has 0 unspecified atom stereocenters. The van der Waals surface area contributed by atoms with E-state index in [-0.39, 0.29) is 22.0 Å². The summed E-state index contributed by atoms with van der Waals surface area (Å²) in [7, 11) is 0. The lowest BCUT2D eigenvalue weighted by Gasteiger charge is -2.09. The summed E-state index contributed by atoms with van der Waals surface area (Å²) in [4.78, 5) is 10.1. The van der Waals surface area contributed by atoms with E-state index >= 15 is 0 Å². The molecule has 0 atom stereocenters. The first-order chi connectivity index (χ1) is 9.51. The Balaban J connectivity index is 2.39. The third-order valence-electron chi connectivity index (χ3n) is 2.41. The van der Waals surface area contributed by atoms with Gasteiger partial charge in [0.15, 0.2) is 0 Å². The molecule has 2 aromatic rings. The summed E-state index contributed by atoms with van der Waals surface area (Å²) in [6.45, 7) is 0. The maximum Gasteiger partial charge on any atom is 0.271 e. The Morgan fingerprint density at radius 2 is 1.85 bits per heavy atom. The smallest absolute Gasteiger partial charge is 0.271 e. The average Bonchev–Trinajstić information content (AvgIpc) is 2.42. The van der Waals surface area contributed by atoms with Gasteiger partial charge in [0.05, 0.1) is 9.95 Å². The molecule has 0 amide bonds. The molecule has 2 aromatic carbocycles. The van der Waals surface area contributed by atoms with Crippen molar-refractivity contribution in [1.29, 1.82) is 5.26 Å². The molecule has 7 heteroatoms. The molecule has 2 rings (SSSR count). The Labute approximate surface area is 124 Å². The summed E-state index contributed by atoms with van der Waals surface area (Å²) in [5, 5.41) is 20.4. The molecule has 0 aliphatic heterocycles. The minimum absolute atomic E-state index is 0.0465. The van der Waals surface area contributed by atoms with Crippen molar-refractivity contribution < 1.29 is 9.66 Å². The molecule has 0 aromatic heterocycles. The number of hydrogen-bond acceptors (Lipinski definition) is 4. The van der Waals surface area contributed by atoms with Crippen LogP contribution in [-0.4, -0.2) is 4.92 Å². The molecule has 100 valence electrons. The minimum Gasteiger partial charge on any atom is -0.454 e. The molecule has 0 saturated heterocycles. The molecule has 0 heterocycles. The van der Waals surface area contributed by atoms with E-state index in [0.29, 0.717) is 10.8 Å². The van der Waals surface area contributed by atoms with E-state index in [0.717, 1.165) is 6.07 Å². The lowest BCUT2D eigenvalue weighted by Crippen LogP contribution is -1.93. The SMILES string of the molecule is N#Cc1cc([N+](=O)[O-])ccc1Oc1ccc(Cl)cc1Cl. The standard InChI is InChI=1S/C13H6Cl2N2O3/c14-9-1-3-13(11(15)6-9)20-12-4-2-10(17(18)19)5-8(12)7-16/h1-6H. The van der Waals surface area contributed by atoms with Gasteiger partial charge in [-0.2, -0.15) is 5.26 Å². The summed E-state index contributed by atoms with van der Waals surface area (Å²) in [5.41, 5.74) is -0.138. The third kappa shape index (κ3) is 2.99. The van der Waals surface area contributed by atoms with Gasteiger partial charge in [0.1, 0.15) is 23.1 Å². The van der Waals surface area contributed by atoms with Crippen LogP contribution >= 0.6 is 23.2 Å². The van der Waals surface area contributed by atoms with Gasteiger partial charge in [-0.3, -0.25) is 10.1 Å². The number of non-ortho nitro benzene ring substituents is 1. The monoisotopic (exact) mass is 308 g/mol. The maximum absolute atomic E-state index is 10.6. The van der Waals surface area contributed by atoms with Gasteiger partial charge in [0.25, 0.3) is 5.69 Å². The van der Waals surface area contributed by atoms with Gasteiger partial charge in [-0.05, 0) is 24.3 Å². The Bertz CT molecular complexity index is 726. The minimum atomic E-state index is -0.583. The molecule has 0 N–H and O–H groups in total. The molecule has 0 bridgehead atoms. The van der Waals surface area contributed by atoms with Gasteiger partial charge in [-0.25, -0.2) is 0 Å². The predicted octanol–water partition coefficient (Wildman–Crippen LogP) is 4.57. The van der Waals surface area contributed by atoms with Crippen molar-refractivity contribution >= 4 is 28.9 Å². The number of nitriles is 1. The van der Waals surface area contributed by atoms with Crippen molar-refractivity contribution in [1.82, 2.24) is 0 Å². The van der Waals surface area contributed by atoms with Gasteiger partial charge in [0, 0.05) is 17.2 Å². The molecular formula is C13H6Cl2N2O3. The Kier molecular flexibility index (Phi) is 4.08. The summed E-state index contributed by atoms with van der Waals surface area (Å²) in [6, 6.07) is 10.2. The van der Waals surface area contributed by atoms with Crippen LogP contribution in [-0.2, 0) is 0 Å². The first-order valence-electron chi connectivity index (χ1n) is 5.32. The van der Waals surface area contributed by atoms with Gasteiger partial charge in [-0.1, -0.05) is 23.2 Å². The van der Waals surface area contributed by atoms with Gasteiger partial charge in [-0.15, -0.1) is 0 Å². The number of rotatable bonds is 3. The van der Waals surface area contributed by atoms with E-state index in [1.807, 2.05) is 6.07 Å². The van der Waals surface area contributed by atoms with Crippen LogP contribution in [0.5, 0.6) is 11.5 Å². The quantitative estimate of drug-likeness (QED) is 0.615. The van der Waals surface area contributed by atoms with Crippen LogP contribution in [0.25, 0.3) is 0 Å². The largest absolute Gasteiger partial charge is 0.454 e. The van der Waals surface area contributed by atoms with Crippen molar-refractivity contribution in [2.24, 2.45) is 0 Å². The zero-order valence-corrected chi connectivity index (χ0v) is 11.4. The van der Waals surface area contributed by atoms with Gasteiger partial charge < -0.3 is 4.74 Å². The lowest BCUT2D eigenvalue weighted by atomic mass is 10.2. The van der Waals surface area contributed by atoms with E-state index in [4.69, 9.17) is 33.2 Å². The highest BCUT2D eigenvalue weighted by molar-refractivity contribution is 6.35. The number of nitro benzene ring substituents is 1. The maximum atomic E-state index is 10.6. The second-order valence-corrected chi connectivity index (χ2v) is 4.57. The van der Waals surface area contributed by atoms with Crippen molar-refractivity contribution in [3.63, 3.8) is 0 Å². The molecule has 0 aliphatic rings. The van der Waals surface area contributed by atoms with E-state index in [1.165, 1.54) is 18.2 Å². The number of nitro groups is 1. The molecule has 20 heavy (non-hydrogen) atoms. The van der Waals surface area contributed by atoms with Crippen LogP contribution in [0.1, 0.15) is 5.56 Å². The van der Waals surface area contributed by atoms with Crippen LogP contribution in [0.15, 0.2) is 36.4 Å². The molecule has 0 fully saturated rings. The fraction of sp³-hybridized carbons (Fsp3) is 0. The van der Waals surface area contributed by atoms with Crippen LogP contribution in [0.4, 0.5) is 5.69 Å². The number of benzene rings is 2. The van der Waals surface area contributed by atoms with Crippen LogP contribution < -0.4 is 4.74 Å². The van der Waals surface area contributed by atoms with E-state index in [1.54, 1.807) is 12.1 Å². The molecule has 0 saturated carbocycles. The number of halogens is 2. The summed E-state index contributed by atoms with van der Waals surface area (Å²) in [6.07, 6.45) is 0. The lowest BCUT2D eigenvalue weighted by molar-refractivity contribution is -0.384. The fourth-order valence-electron chi connectivity index (χ4n) is 1.48. The van der Waals surface area contributed by atoms with E-state index < -0.39 is 4.92 Å². The van der Waals surface area contributed by atoms with Crippen LogP contribution in [0.2, 0.25) is 10.0 Å². The zero-order chi connectivity index (χ0) is 14.7. The number of ether oxygens (including phenoxy) is 1. The topological polar surface area (TPSA) is 76.2 Å². The summed E-state index contributed by atoms with van der Waals surface area (Å²) in [5.74, 6) is 0.490. The second kappa shape index (κ2) is 5.78. The van der Waals surface area contributed by atoms with Crippen molar-refractivity contribution in [2.75, 3.05) is 0 Å². The van der Waals surface area contributed by atoms with Crippen molar-refractivity contribution in [2.45, 2.75) is 0 Å². The van der Waals surface area contributed by atoms with E-state index in [2.05, 4.69) is 0 Å². The average molecular weight is 309 g/mol. The summed E-state index contributed by atoms with van der Waals surface area (Å²) >= 11 is 11.7. The molecule has 0 aliphatic carbocycles. The van der Waals surface area contributed by atoms with Crippen LogP contribution in [0, 0.1) is 21.4 Å². The molecular weight excluding hydrogens is 303 g/mol. The highest BCUT2D eigenvalue weighted by atomic mass is 35.5. The predicted molar refractivity (Wildman–Crippen MR) is 74.3 cm³/mol. The first kappa shape index (κ1) is 14.1. The highest BCUT2D eigenvalue weighted by Crippen LogP contribution is 2.34. The van der Waals surface area contributed by atoms with Gasteiger partial charge >= 0.3 is 0 Å². The molecule has 0 spiro atoms. The Morgan fingerprint density at radius 3 is 2.45 bits per heavy atom. The fourth-order valence-corrected chi connectivity index (χ4v) is 1.93. The zero-order valence-electron chi connectivity index (χ0n) is 9.84. The van der Waals surface area contributed by atoms with Crippen LogP contribution in [0.3, 0.4) is 0 Å². The Morgan fingerprint density at radius 1 is 1.15 bits per heavy atom.